The van der Waals surface area contributed by atoms with E-state index in [9.17, 15) is 18.0 Å². The van der Waals surface area contributed by atoms with Crippen molar-refractivity contribution in [2.45, 2.75) is 57.9 Å². The molecule has 0 aliphatic heterocycles. The van der Waals surface area contributed by atoms with Gasteiger partial charge in [-0.25, -0.2) is 13.2 Å². The second-order valence-electron chi connectivity index (χ2n) is 7.63. The number of ether oxygens (including phenoxy) is 1. The van der Waals surface area contributed by atoms with Gasteiger partial charge < -0.3 is 10.1 Å². The maximum Gasteiger partial charge on any atom is 0.338 e. The smallest absolute Gasteiger partial charge is 0.338 e. The zero-order chi connectivity index (χ0) is 21.6. The van der Waals surface area contributed by atoms with Crippen LogP contribution in [0.1, 0.15) is 57.3 Å². The number of amides is 1. The SMILES string of the molecule is CCN(CC)S(=O)(=O)c1cccc(C(=O)OCC(=O)N[C@H]2CCC[C@@H](C)[C@H]2C)c1. The summed E-state index contributed by atoms with van der Waals surface area (Å²) in [4.78, 5) is 24.6. The largest absolute Gasteiger partial charge is 0.452 e. The van der Waals surface area contributed by atoms with Crippen molar-refractivity contribution in [3.63, 3.8) is 0 Å². The van der Waals surface area contributed by atoms with Gasteiger partial charge in [-0.1, -0.05) is 46.6 Å². The number of carbonyl (C=O) groups is 2. The van der Waals surface area contributed by atoms with E-state index in [1.165, 1.54) is 28.6 Å². The molecule has 162 valence electrons. The normalized spacial score (nSPS) is 22.3. The third-order valence-electron chi connectivity index (χ3n) is 5.80. The van der Waals surface area contributed by atoms with Crippen LogP contribution in [0.4, 0.5) is 0 Å². The first kappa shape index (κ1) is 23.3. The molecule has 0 unspecified atom stereocenters. The van der Waals surface area contributed by atoms with Gasteiger partial charge in [0.1, 0.15) is 0 Å². The third kappa shape index (κ3) is 5.79. The lowest BCUT2D eigenvalue weighted by atomic mass is 9.78. The molecule has 0 aromatic heterocycles. The number of sulfonamides is 1. The zero-order valence-electron chi connectivity index (χ0n) is 17.7. The fourth-order valence-electron chi connectivity index (χ4n) is 3.74. The Balaban J connectivity index is 1.98. The van der Waals surface area contributed by atoms with E-state index in [0.717, 1.165) is 19.3 Å². The van der Waals surface area contributed by atoms with Crippen LogP contribution in [0, 0.1) is 11.8 Å². The quantitative estimate of drug-likeness (QED) is 0.648. The lowest BCUT2D eigenvalue weighted by Crippen LogP contribution is -2.45. The number of hydrogen-bond donors (Lipinski definition) is 1. The monoisotopic (exact) mass is 424 g/mol. The van der Waals surface area contributed by atoms with Crippen molar-refractivity contribution in [2.24, 2.45) is 11.8 Å². The number of hydrogen-bond acceptors (Lipinski definition) is 5. The van der Waals surface area contributed by atoms with Gasteiger partial charge in [0.05, 0.1) is 10.5 Å². The van der Waals surface area contributed by atoms with Crippen LogP contribution in [0.15, 0.2) is 29.2 Å². The van der Waals surface area contributed by atoms with Crippen LogP contribution in [0.25, 0.3) is 0 Å². The first-order valence-electron chi connectivity index (χ1n) is 10.3. The maximum absolute atomic E-state index is 12.6. The number of benzene rings is 1. The lowest BCUT2D eigenvalue weighted by Gasteiger charge is -2.34. The first-order valence-corrected chi connectivity index (χ1v) is 11.7. The molecule has 1 aliphatic rings. The van der Waals surface area contributed by atoms with Crippen LogP contribution >= 0.6 is 0 Å². The molecule has 8 heteroatoms. The molecule has 1 amide bonds. The number of nitrogens with zero attached hydrogens (tertiary/aromatic N) is 1. The van der Waals surface area contributed by atoms with Crippen LogP contribution in [0.5, 0.6) is 0 Å². The van der Waals surface area contributed by atoms with Crippen LogP contribution in [0.2, 0.25) is 0 Å². The van der Waals surface area contributed by atoms with Crippen molar-refractivity contribution >= 4 is 21.9 Å². The second kappa shape index (κ2) is 10.2. The van der Waals surface area contributed by atoms with E-state index in [4.69, 9.17) is 4.74 Å². The Labute approximate surface area is 173 Å². The average Bonchev–Trinajstić information content (AvgIpc) is 2.70. The molecule has 1 aromatic rings. The molecule has 1 aromatic carbocycles. The molecular formula is C21H32N2O5S. The highest BCUT2D eigenvalue weighted by atomic mass is 32.2. The minimum Gasteiger partial charge on any atom is -0.452 e. The highest BCUT2D eigenvalue weighted by molar-refractivity contribution is 7.89. The standard InChI is InChI=1S/C21H32N2O5S/c1-5-23(6-2)29(26,27)18-11-8-10-17(13-18)21(25)28-14-20(24)22-19-12-7-9-15(3)16(19)4/h8,10-11,13,15-16,19H,5-7,9,12,14H2,1-4H3,(H,22,24)/t15-,16-,19+/m1/s1. The summed E-state index contributed by atoms with van der Waals surface area (Å²) in [6.45, 7) is 8.11. The fraction of sp³-hybridized carbons (Fsp3) is 0.619. The highest BCUT2D eigenvalue weighted by Crippen LogP contribution is 2.29. The van der Waals surface area contributed by atoms with Crippen molar-refractivity contribution in [1.82, 2.24) is 9.62 Å². The average molecular weight is 425 g/mol. The van der Waals surface area contributed by atoms with Crippen LogP contribution in [-0.2, 0) is 19.6 Å². The molecule has 1 aliphatic carbocycles. The Bertz CT molecular complexity index is 820. The molecule has 0 bridgehead atoms. The van der Waals surface area contributed by atoms with Gasteiger partial charge in [0, 0.05) is 19.1 Å². The topological polar surface area (TPSA) is 92.8 Å². The van der Waals surface area contributed by atoms with Gasteiger partial charge in [-0.2, -0.15) is 4.31 Å². The van der Waals surface area contributed by atoms with Crippen molar-refractivity contribution in [2.75, 3.05) is 19.7 Å². The molecule has 1 saturated carbocycles. The van der Waals surface area contributed by atoms with Crippen LogP contribution in [-0.4, -0.2) is 50.3 Å². The van der Waals surface area contributed by atoms with Gasteiger partial charge in [0.2, 0.25) is 10.0 Å². The van der Waals surface area contributed by atoms with Gasteiger partial charge in [0.25, 0.3) is 5.91 Å². The van der Waals surface area contributed by atoms with E-state index in [0.29, 0.717) is 24.9 Å². The Kier molecular flexibility index (Phi) is 8.22. The third-order valence-corrected chi connectivity index (χ3v) is 7.85. The van der Waals surface area contributed by atoms with E-state index in [1.54, 1.807) is 13.8 Å². The lowest BCUT2D eigenvalue weighted by molar-refractivity contribution is -0.125. The van der Waals surface area contributed by atoms with Crippen LogP contribution < -0.4 is 5.32 Å². The summed E-state index contributed by atoms with van der Waals surface area (Å²) in [5.41, 5.74) is 0.102. The summed E-state index contributed by atoms with van der Waals surface area (Å²) in [7, 11) is -3.67. The van der Waals surface area contributed by atoms with E-state index in [-0.39, 0.29) is 29.0 Å². The molecule has 7 nitrogen and oxygen atoms in total. The molecule has 0 saturated heterocycles. The summed E-state index contributed by atoms with van der Waals surface area (Å²) in [6.07, 6.45) is 3.16. The Morgan fingerprint density at radius 3 is 2.52 bits per heavy atom. The van der Waals surface area contributed by atoms with Crippen molar-refractivity contribution in [1.29, 1.82) is 0 Å². The summed E-state index contributed by atoms with van der Waals surface area (Å²) in [5.74, 6) is -0.129. The summed E-state index contributed by atoms with van der Waals surface area (Å²) in [6, 6.07) is 5.80. The number of carbonyl (C=O) groups excluding carboxylic acids is 2. The van der Waals surface area contributed by atoms with E-state index < -0.39 is 16.0 Å². The summed E-state index contributed by atoms with van der Waals surface area (Å²) < 4.78 is 31.7. The maximum atomic E-state index is 12.6. The van der Waals surface area contributed by atoms with Gasteiger partial charge >= 0.3 is 5.97 Å². The van der Waals surface area contributed by atoms with Gasteiger partial charge in [-0.3, -0.25) is 4.79 Å². The van der Waals surface area contributed by atoms with Crippen LogP contribution in [0.3, 0.4) is 0 Å². The highest BCUT2D eigenvalue weighted by Gasteiger charge is 2.28. The Morgan fingerprint density at radius 1 is 1.17 bits per heavy atom. The molecule has 0 heterocycles. The Morgan fingerprint density at radius 2 is 1.86 bits per heavy atom. The molecule has 0 radical (unpaired) electrons. The minimum absolute atomic E-state index is 0.0325. The Hall–Kier alpha value is -1.93. The number of rotatable bonds is 8. The molecule has 1 N–H and O–H groups in total. The first-order chi connectivity index (χ1) is 13.7. The van der Waals surface area contributed by atoms with Gasteiger partial charge in [-0.15, -0.1) is 0 Å². The van der Waals surface area contributed by atoms with Gasteiger partial charge in [-0.05, 0) is 36.5 Å². The summed E-state index contributed by atoms with van der Waals surface area (Å²) >= 11 is 0. The molecule has 3 atom stereocenters. The predicted molar refractivity (Wildman–Crippen MR) is 111 cm³/mol. The molecule has 2 rings (SSSR count). The molecular weight excluding hydrogens is 392 g/mol. The van der Waals surface area contributed by atoms with Crippen molar-refractivity contribution in [3.05, 3.63) is 29.8 Å². The van der Waals surface area contributed by atoms with Crippen molar-refractivity contribution < 1.29 is 22.7 Å². The number of esters is 1. The minimum atomic E-state index is -3.67. The molecule has 29 heavy (non-hydrogen) atoms. The fourth-order valence-corrected chi connectivity index (χ4v) is 5.25. The predicted octanol–water partition coefficient (Wildman–Crippen LogP) is 2.81. The van der Waals surface area contributed by atoms with Crippen molar-refractivity contribution in [3.8, 4) is 0 Å². The molecule has 1 fully saturated rings. The summed E-state index contributed by atoms with van der Waals surface area (Å²) in [5, 5.41) is 2.95. The second-order valence-corrected chi connectivity index (χ2v) is 9.57. The number of nitrogens with one attached hydrogen (secondary N) is 1. The van der Waals surface area contributed by atoms with E-state index in [1.807, 2.05) is 0 Å². The van der Waals surface area contributed by atoms with E-state index in [2.05, 4.69) is 19.2 Å². The van der Waals surface area contributed by atoms with E-state index >= 15 is 0 Å². The zero-order valence-corrected chi connectivity index (χ0v) is 18.5. The molecule has 0 spiro atoms. The van der Waals surface area contributed by atoms with Gasteiger partial charge in [0.15, 0.2) is 6.61 Å².